The van der Waals surface area contributed by atoms with Gasteiger partial charge in [0, 0.05) is 36.9 Å². The fraction of sp³-hybridized carbons (Fsp3) is 0.571. The lowest BCUT2D eigenvalue weighted by Gasteiger charge is -2.35. The molecule has 0 aliphatic carbocycles. The number of para-hydroxylation sites is 1. The van der Waals surface area contributed by atoms with Crippen molar-refractivity contribution < 1.29 is 14.3 Å². The molecule has 138 valence electrons. The number of piperidine rings is 1. The molecule has 5 nitrogen and oxygen atoms in total. The van der Waals surface area contributed by atoms with Gasteiger partial charge in [0.05, 0.1) is 12.1 Å². The SMILES string of the molecule is CN1[C@@H]2CC[C@H]1C[C@@H](OC(=O)c1c3n(c4ccccc14)CCCCO3)C2. The van der Waals surface area contributed by atoms with Crippen LogP contribution in [0.25, 0.3) is 10.9 Å². The van der Waals surface area contributed by atoms with Crippen LogP contribution in [0.5, 0.6) is 5.88 Å². The van der Waals surface area contributed by atoms with Gasteiger partial charge in [-0.05, 0) is 38.8 Å². The number of hydrogen-bond donors (Lipinski definition) is 0. The van der Waals surface area contributed by atoms with E-state index in [1.807, 2.05) is 18.2 Å². The van der Waals surface area contributed by atoms with Crippen molar-refractivity contribution in [3.8, 4) is 5.88 Å². The Morgan fingerprint density at radius 2 is 1.92 bits per heavy atom. The van der Waals surface area contributed by atoms with Crippen LogP contribution in [0.15, 0.2) is 24.3 Å². The molecule has 0 unspecified atom stereocenters. The largest absolute Gasteiger partial charge is 0.478 e. The zero-order valence-corrected chi connectivity index (χ0v) is 15.3. The van der Waals surface area contributed by atoms with Gasteiger partial charge in [-0.3, -0.25) is 0 Å². The van der Waals surface area contributed by atoms with Crippen LogP contribution in [0.1, 0.15) is 48.9 Å². The third-order valence-electron chi connectivity index (χ3n) is 6.47. The van der Waals surface area contributed by atoms with Gasteiger partial charge in [-0.1, -0.05) is 18.2 Å². The highest BCUT2D eigenvalue weighted by Crippen LogP contribution is 2.38. The first-order chi connectivity index (χ1) is 12.7. The van der Waals surface area contributed by atoms with Gasteiger partial charge >= 0.3 is 5.97 Å². The maximum absolute atomic E-state index is 13.2. The average molecular weight is 354 g/mol. The van der Waals surface area contributed by atoms with Crippen LogP contribution >= 0.6 is 0 Å². The Bertz CT molecular complexity index is 829. The quantitative estimate of drug-likeness (QED) is 0.773. The van der Waals surface area contributed by atoms with Crippen molar-refractivity contribution in [1.82, 2.24) is 9.47 Å². The molecule has 2 aromatic rings. The molecule has 26 heavy (non-hydrogen) atoms. The summed E-state index contributed by atoms with van der Waals surface area (Å²) in [5, 5.41) is 0.949. The van der Waals surface area contributed by atoms with Crippen LogP contribution in [0.2, 0.25) is 0 Å². The van der Waals surface area contributed by atoms with E-state index in [0.717, 1.165) is 43.1 Å². The van der Waals surface area contributed by atoms with Gasteiger partial charge in [-0.15, -0.1) is 0 Å². The van der Waals surface area contributed by atoms with Crippen molar-refractivity contribution in [2.45, 2.75) is 63.3 Å². The Morgan fingerprint density at radius 1 is 1.15 bits per heavy atom. The van der Waals surface area contributed by atoms with E-state index in [2.05, 4.69) is 22.6 Å². The minimum Gasteiger partial charge on any atom is -0.478 e. The Morgan fingerprint density at radius 3 is 2.73 bits per heavy atom. The number of hydrogen-bond acceptors (Lipinski definition) is 4. The number of rotatable bonds is 2. The maximum atomic E-state index is 13.2. The van der Waals surface area contributed by atoms with E-state index in [4.69, 9.17) is 9.47 Å². The molecule has 2 saturated heterocycles. The van der Waals surface area contributed by atoms with Crippen LogP contribution in [-0.4, -0.2) is 47.3 Å². The highest BCUT2D eigenvalue weighted by molar-refractivity contribution is 6.07. The Balaban J connectivity index is 1.47. The average Bonchev–Trinajstić information content (AvgIpc) is 2.93. The lowest BCUT2D eigenvalue weighted by atomic mass is 10.0. The summed E-state index contributed by atoms with van der Waals surface area (Å²) in [5.41, 5.74) is 1.69. The summed E-state index contributed by atoms with van der Waals surface area (Å²) in [6, 6.07) is 9.20. The lowest BCUT2D eigenvalue weighted by Crippen LogP contribution is -2.43. The van der Waals surface area contributed by atoms with E-state index >= 15 is 0 Å². The van der Waals surface area contributed by atoms with Crippen molar-refractivity contribution in [3.05, 3.63) is 29.8 Å². The molecule has 0 saturated carbocycles. The number of nitrogens with zero attached hydrogens (tertiary/aromatic N) is 2. The third-order valence-corrected chi connectivity index (χ3v) is 6.47. The maximum Gasteiger partial charge on any atom is 0.344 e. The van der Waals surface area contributed by atoms with Gasteiger partial charge in [0.2, 0.25) is 5.88 Å². The van der Waals surface area contributed by atoms with Crippen molar-refractivity contribution in [3.63, 3.8) is 0 Å². The molecule has 3 aliphatic heterocycles. The molecule has 4 heterocycles. The molecule has 1 aromatic heterocycles. The van der Waals surface area contributed by atoms with Gasteiger partial charge < -0.3 is 18.9 Å². The molecule has 3 aliphatic rings. The topological polar surface area (TPSA) is 43.7 Å². The molecular weight excluding hydrogens is 328 g/mol. The summed E-state index contributed by atoms with van der Waals surface area (Å²) in [6.07, 6.45) is 6.46. The number of carbonyl (C=O) groups is 1. The monoisotopic (exact) mass is 354 g/mol. The van der Waals surface area contributed by atoms with Crippen LogP contribution in [0, 0.1) is 0 Å². The number of ether oxygens (including phenoxy) is 2. The molecule has 3 atom stereocenters. The molecule has 0 amide bonds. The van der Waals surface area contributed by atoms with Crippen LogP contribution in [0.4, 0.5) is 0 Å². The number of benzene rings is 1. The van der Waals surface area contributed by atoms with Crippen LogP contribution < -0.4 is 4.74 Å². The van der Waals surface area contributed by atoms with Crippen molar-refractivity contribution >= 4 is 16.9 Å². The summed E-state index contributed by atoms with van der Waals surface area (Å²) in [4.78, 5) is 15.6. The first kappa shape index (κ1) is 16.2. The third kappa shape index (κ3) is 2.52. The highest BCUT2D eigenvalue weighted by atomic mass is 16.5. The fourth-order valence-corrected chi connectivity index (χ4v) is 5.06. The molecule has 0 spiro atoms. The van der Waals surface area contributed by atoms with E-state index in [-0.39, 0.29) is 12.1 Å². The molecule has 5 heteroatoms. The highest BCUT2D eigenvalue weighted by Gasteiger charge is 2.40. The second-order valence-corrected chi connectivity index (χ2v) is 7.95. The Labute approximate surface area is 153 Å². The van der Waals surface area contributed by atoms with Gasteiger partial charge in [0.1, 0.15) is 11.7 Å². The standard InChI is InChI=1S/C21H26N2O3/c1-22-14-8-9-15(22)13-16(12-14)26-21(24)19-17-6-2-3-7-18(17)23-10-4-5-11-25-20(19)23/h2-3,6-7,14-16H,4-5,8-13H2,1H3/t14-,15+,16+. The van der Waals surface area contributed by atoms with E-state index < -0.39 is 0 Å². The number of aryl methyl sites for hydroxylation is 1. The minimum absolute atomic E-state index is 0.0243. The van der Waals surface area contributed by atoms with Crippen LogP contribution in [-0.2, 0) is 11.3 Å². The number of fused-ring (bicyclic) bond motifs is 5. The smallest absolute Gasteiger partial charge is 0.344 e. The fourth-order valence-electron chi connectivity index (χ4n) is 5.06. The van der Waals surface area contributed by atoms with Gasteiger partial charge in [0.25, 0.3) is 0 Å². The number of aromatic nitrogens is 1. The minimum atomic E-state index is -0.217. The summed E-state index contributed by atoms with van der Waals surface area (Å²) in [5.74, 6) is 0.482. The summed E-state index contributed by atoms with van der Waals surface area (Å²) >= 11 is 0. The Kier molecular flexibility index (Phi) is 3.92. The van der Waals surface area contributed by atoms with Gasteiger partial charge in [0.15, 0.2) is 0 Å². The summed E-state index contributed by atoms with van der Waals surface area (Å²) in [7, 11) is 2.20. The zero-order valence-electron chi connectivity index (χ0n) is 15.3. The number of esters is 1. The second kappa shape index (κ2) is 6.31. The Hall–Kier alpha value is -2.01. The molecule has 2 fully saturated rings. The van der Waals surface area contributed by atoms with Gasteiger partial charge in [-0.2, -0.15) is 0 Å². The molecule has 2 bridgehead atoms. The summed E-state index contributed by atoms with van der Waals surface area (Å²) < 4.78 is 14.2. The lowest BCUT2D eigenvalue weighted by molar-refractivity contribution is -0.000581. The van der Waals surface area contributed by atoms with Crippen molar-refractivity contribution in [1.29, 1.82) is 0 Å². The first-order valence-corrected chi connectivity index (χ1v) is 9.89. The predicted octanol–water partition coefficient (Wildman–Crippen LogP) is 3.60. The van der Waals surface area contributed by atoms with Gasteiger partial charge in [-0.25, -0.2) is 4.79 Å². The first-order valence-electron chi connectivity index (χ1n) is 9.89. The molecule has 0 radical (unpaired) electrons. The van der Waals surface area contributed by atoms with Crippen LogP contribution in [0.3, 0.4) is 0 Å². The molecular formula is C21H26N2O3. The molecule has 0 N–H and O–H groups in total. The van der Waals surface area contributed by atoms with E-state index in [9.17, 15) is 4.79 Å². The van der Waals surface area contributed by atoms with Crippen molar-refractivity contribution in [2.75, 3.05) is 13.7 Å². The van der Waals surface area contributed by atoms with Crippen molar-refractivity contribution in [2.24, 2.45) is 0 Å². The molecule has 5 rings (SSSR count). The second-order valence-electron chi connectivity index (χ2n) is 7.95. The van der Waals surface area contributed by atoms with E-state index in [1.54, 1.807) is 0 Å². The predicted molar refractivity (Wildman–Crippen MR) is 99.7 cm³/mol. The normalized spacial score (nSPS) is 28.4. The summed E-state index contributed by atoms with van der Waals surface area (Å²) in [6.45, 7) is 1.55. The number of carbonyl (C=O) groups excluding carboxylic acids is 1. The van der Waals surface area contributed by atoms with E-state index in [1.165, 1.54) is 12.8 Å². The zero-order chi connectivity index (χ0) is 17.7. The molecule has 1 aromatic carbocycles. The van der Waals surface area contributed by atoms with E-state index in [0.29, 0.717) is 30.1 Å².